The fourth-order valence-corrected chi connectivity index (χ4v) is 3.48. The second-order valence-corrected chi connectivity index (χ2v) is 6.61. The molecule has 1 aliphatic heterocycles. The maximum absolute atomic E-state index is 9.71. The minimum atomic E-state index is -0.471. The number of nitriles is 1. The van der Waals surface area contributed by atoms with E-state index in [-0.39, 0.29) is 0 Å². The van der Waals surface area contributed by atoms with Crippen molar-refractivity contribution in [3.8, 4) is 6.07 Å². The maximum atomic E-state index is 9.71. The molecule has 2 aromatic heterocycles. The first-order chi connectivity index (χ1) is 10.6. The predicted octanol–water partition coefficient (Wildman–Crippen LogP) is 3.61. The lowest BCUT2D eigenvalue weighted by Crippen LogP contribution is -2.43. The fourth-order valence-electron chi connectivity index (χ4n) is 3.04. The van der Waals surface area contributed by atoms with Crippen LogP contribution in [0.4, 0.5) is 5.82 Å². The Morgan fingerprint density at radius 3 is 2.64 bits per heavy atom. The van der Waals surface area contributed by atoms with Crippen molar-refractivity contribution >= 4 is 21.7 Å². The SMILES string of the molecule is Cc1cc(Br)cnc1N1CCC(C#N)(c2ccccn2)CC1. The fraction of sp³-hybridized carbons (Fsp3) is 0.353. The molecule has 0 N–H and O–H groups in total. The Kier molecular flexibility index (Phi) is 4.12. The van der Waals surface area contributed by atoms with Crippen molar-refractivity contribution in [3.05, 3.63) is 52.4 Å². The van der Waals surface area contributed by atoms with Crippen molar-refractivity contribution < 1.29 is 0 Å². The van der Waals surface area contributed by atoms with Gasteiger partial charge < -0.3 is 4.90 Å². The number of halogens is 1. The van der Waals surface area contributed by atoms with Crippen molar-refractivity contribution in [2.75, 3.05) is 18.0 Å². The van der Waals surface area contributed by atoms with Gasteiger partial charge in [0.15, 0.2) is 0 Å². The average Bonchev–Trinajstić information content (AvgIpc) is 2.56. The van der Waals surface area contributed by atoms with E-state index in [2.05, 4.69) is 49.9 Å². The Morgan fingerprint density at radius 1 is 1.27 bits per heavy atom. The lowest BCUT2D eigenvalue weighted by atomic mass is 9.76. The van der Waals surface area contributed by atoms with Gasteiger partial charge in [-0.1, -0.05) is 6.07 Å². The first-order valence-electron chi connectivity index (χ1n) is 7.34. The number of aryl methyl sites for hydroxylation is 1. The summed E-state index contributed by atoms with van der Waals surface area (Å²) in [6, 6.07) is 10.4. The van der Waals surface area contributed by atoms with Crippen LogP contribution in [0, 0.1) is 18.3 Å². The molecule has 2 aromatic rings. The number of anilines is 1. The molecule has 3 heterocycles. The molecule has 22 heavy (non-hydrogen) atoms. The summed E-state index contributed by atoms with van der Waals surface area (Å²) in [5.74, 6) is 1.01. The molecule has 0 unspecified atom stereocenters. The summed E-state index contributed by atoms with van der Waals surface area (Å²) in [6.07, 6.45) is 5.14. The topological polar surface area (TPSA) is 52.8 Å². The van der Waals surface area contributed by atoms with Crippen LogP contribution in [0.2, 0.25) is 0 Å². The zero-order chi connectivity index (χ0) is 15.6. The standard InChI is InChI=1S/C17H17BrN4/c1-13-10-14(18)11-21-16(13)22-8-5-17(12-19,6-9-22)15-4-2-3-7-20-15/h2-4,7,10-11H,5-6,8-9H2,1H3. The Hall–Kier alpha value is -1.93. The summed E-state index contributed by atoms with van der Waals surface area (Å²) in [5.41, 5.74) is 1.57. The van der Waals surface area contributed by atoms with E-state index in [4.69, 9.17) is 0 Å². The van der Waals surface area contributed by atoms with Crippen LogP contribution in [0.15, 0.2) is 41.1 Å². The van der Waals surface area contributed by atoms with E-state index in [1.807, 2.05) is 24.4 Å². The molecular weight excluding hydrogens is 340 g/mol. The Bertz CT molecular complexity index is 700. The second-order valence-electron chi connectivity index (χ2n) is 5.69. The number of rotatable bonds is 2. The van der Waals surface area contributed by atoms with E-state index >= 15 is 0 Å². The maximum Gasteiger partial charge on any atom is 0.131 e. The lowest BCUT2D eigenvalue weighted by Gasteiger charge is -2.38. The van der Waals surface area contributed by atoms with Crippen molar-refractivity contribution in [2.45, 2.75) is 25.2 Å². The third kappa shape index (κ3) is 2.71. The third-order valence-electron chi connectivity index (χ3n) is 4.30. The lowest BCUT2D eigenvalue weighted by molar-refractivity contribution is 0.404. The molecule has 5 heteroatoms. The van der Waals surface area contributed by atoms with Crippen molar-refractivity contribution in [2.24, 2.45) is 0 Å². The molecule has 0 amide bonds. The van der Waals surface area contributed by atoms with Gasteiger partial charge in [0.2, 0.25) is 0 Å². The zero-order valence-electron chi connectivity index (χ0n) is 12.5. The number of pyridine rings is 2. The molecule has 112 valence electrons. The van der Waals surface area contributed by atoms with Gasteiger partial charge in [-0.05, 0) is 59.5 Å². The largest absolute Gasteiger partial charge is 0.356 e. The summed E-state index contributed by atoms with van der Waals surface area (Å²) in [4.78, 5) is 11.2. The summed E-state index contributed by atoms with van der Waals surface area (Å²) >= 11 is 3.45. The highest BCUT2D eigenvalue weighted by Crippen LogP contribution is 2.35. The van der Waals surface area contributed by atoms with Crippen molar-refractivity contribution in [3.63, 3.8) is 0 Å². The molecule has 0 bridgehead atoms. The van der Waals surface area contributed by atoms with Crippen molar-refractivity contribution in [1.82, 2.24) is 9.97 Å². The van der Waals surface area contributed by atoms with Gasteiger partial charge in [-0.25, -0.2) is 4.98 Å². The molecule has 4 nitrogen and oxygen atoms in total. The summed E-state index contributed by atoms with van der Waals surface area (Å²) in [5, 5.41) is 9.71. The molecule has 0 saturated carbocycles. The molecule has 0 aliphatic carbocycles. The molecule has 0 atom stereocenters. The number of hydrogen-bond acceptors (Lipinski definition) is 4. The summed E-state index contributed by atoms with van der Waals surface area (Å²) < 4.78 is 0.991. The molecule has 1 fully saturated rings. The molecule has 0 radical (unpaired) electrons. The van der Waals surface area contributed by atoms with E-state index < -0.39 is 5.41 Å². The molecule has 0 spiro atoms. The van der Waals surface area contributed by atoms with Crippen LogP contribution >= 0.6 is 15.9 Å². The van der Waals surface area contributed by atoms with Crippen LogP contribution in [0.3, 0.4) is 0 Å². The Balaban J connectivity index is 1.81. The molecule has 1 saturated heterocycles. The number of hydrogen-bond donors (Lipinski definition) is 0. The van der Waals surface area contributed by atoms with Gasteiger partial charge in [-0.2, -0.15) is 5.26 Å². The highest BCUT2D eigenvalue weighted by atomic mass is 79.9. The van der Waals surface area contributed by atoms with Crippen LogP contribution in [-0.4, -0.2) is 23.1 Å². The van der Waals surface area contributed by atoms with E-state index in [0.717, 1.165) is 47.5 Å². The highest BCUT2D eigenvalue weighted by Gasteiger charge is 2.38. The van der Waals surface area contributed by atoms with Gasteiger partial charge in [0.05, 0.1) is 11.8 Å². The zero-order valence-corrected chi connectivity index (χ0v) is 14.0. The first kappa shape index (κ1) is 15.0. The van der Waals surface area contributed by atoms with E-state index in [1.54, 1.807) is 6.20 Å². The van der Waals surface area contributed by atoms with E-state index in [9.17, 15) is 5.26 Å². The summed E-state index contributed by atoms with van der Waals surface area (Å²) in [6.45, 7) is 3.71. The average molecular weight is 357 g/mol. The van der Waals surface area contributed by atoms with Gasteiger partial charge in [0, 0.05) is 30.0 Å². The second kappa shape index (κ2) is 6.05. The van der Waals surface area contributed by atoms with Crippen LogP contribution in [0.1, 0.15) is 24.1 Å². The van der Waals surface area contributed by atoms with Gasteiger partial charge >= 0.3 is 0 Å². The van der Waals surface area contributed by atoms with Gasteiger partial charge in [-0.3, -0.25) is 4.98 Å². The first-order valence-corrected chi connectivity index (χ1v) is 8.14. The normalized spacial score (nSPS) is 17.0. The summed E-state index contributed by atoms with van der Waals surface area (Å²) in [7, 11) is 0. The molecule has 3 rings (SSSR count). The van der Waals surface area contributed by atoms with Crippen LogP contribution in [0.25, 0.3) is 0 Å². The molecule has 0 aromatic carbocycles. The molecular formula is C17H17BrN4. The smallest absolute Gasteiger partial charge is 0.131 e. The third-order valence-corrected chi connectivity index (χ3v) is 4.74. The number of aromatic nitrogens is 2. The number of nitrogens with zero attached hydrogens (tertiary/aromatic N) is 4. The quantitative estimate of drug-likeness (QED) is 0.824. The van der Waals surface area contributed by atoms with Gasteiger partial charge in [0.1, 0.15) is 11.2 Å². The van der Waals surface area contributed by atoms with Crippen LogP contribution < -0.4 is 4.90 Å². The van der Waals surface area contributed by atoms with Crippen LogP contribution in [0.5, 0.6) is 0 Å². The molecule has 1 aliphatic rings. The predicted molar refractivity (Wildman–Crippen MR) is 89.6 cm³/mol. The van der Waals surface area contributed by atoms with E-state index in [1.165, 1.54) is 0 Å². The minimum absolute atomic E-state index is 0.471. The van der Waals surface area contributed by atoms with Crippen molar-refractivity contribution in [1.29, 1.82) is 5.26 Å². The Labute approximate surface area is 138 Å². The highest BCUT2D eigenvalue weighted by molar-refractivity contribution is 9.10. The van der Waals surface area contributed by atoms with Gasteiger partial charge in [0.25, 0.3) is 0 Å². The van der Waals surface area contributed by atoms with E-state index in [0.29, 0.717) is 0 Å². The Morgan fingerprint density at radius 2 is 2.05 bits per heavy atom. The van der Waals surface area contributed by atoms with Crippen LogP contribution in [-0.2, 0) is 5.41 Å². The van der Waals surface area contributed by atoms with Gasteiger partial charge in [-0.15, -0.1) is 0 Å². The number of piperidine rings is 1. The monoisotopic (exact) mass is 356 g/mol. The minimum Gasteiger partial charge on any atom is -0.356 e.